The largest absolute Gasteiger partial charge is 0.497 e. The fraction of sp³-hybridized carbons (Fsp3) is 0.435. The Bertz CT molecular complexity index is 988. The van der Waals surface area contributed by atoms with Gasteiger partial charge in [0.2, 0.25) is 0 Å². The van der Waals surface area contributed by atoms with Crippen LogP contribution in [-0.4, -0.2) is 58.4 Å². The zero-order valence-corrected chi connectivity index (χ0v) is 18.5. The van der Waals surface area contributed by atoms with E-state index in [1.165, 1.54) is 17.8 Å². The molecule has 2 aromatic carbocycles. The fourth-order valence-corrected chi connectivity index (χ4v) is 4.04. The molecule has 1 atom stereocenters. The maximum absolute atomic E-state index is 13.6. The summed E-state index contributed by atoms with van der Waals surface area (Å²) in [4.78, 5) is 4.74. The van der Waals surface area contributed by atoms with Gasteiger partial charge in [-0.1, -0.05) is 12.1 Å². The van der Waals surface area contributed by atoms with E-state index in [1.54, 1.807) is 7.11 Å². The number of hydrogen-bond acceptors (Lipinski definition) is 6. The van der Waals surface area contributed by atoms with Crippen LogP contribution in [0.2, 0.25) is 0 Å². The standard InChI is InChI=1S/C23H29FN6O/c1-23(2,3)30-22(25-26-27-30)21(17-5-7-18(24)8-6-17)29-15-13-28(14-16-29)19-9-11-20(31-4)12-10-19/h5-12,21H,13-16H2,1-4H3. The molecule has 0 aliphatic carbocycles. The summed E-state index contributed by atoms with van der Waals surface area (Å²) in [5, 5.41) is 12.6. The van der Waals surface area contributed by atoms with Crippen molar-refractivity contribution in [3.05, 3.63) is 65.7 Å². The van der Waals surface area contributed by atoms with Crippen molar-refractivity contribution in [1.82, 2.24) is 25.1 Å². The highest BCUT2D eigenvalue weighted by atomic mass is 19.1. The number of benzene rings is 2. The summed E-state index contributed by atoms with van der Waals surface area (Å²) >= 11 is 0. The van der Waals surface area contributed by atoms with E-state index < -0.39 is 0 Å². The molecule has 2 heterocycles. The van der Waals surface area contributed by atoms with Crippen molar-refractivity contribution < 1.29 is 9.13 Å². The van der Waals surface area contributed by atoms with Crippen LogP contribution >= 0.6 is 0 Å². The molecule has 7 nitrogen and oxygen atoms in total. The Kier molecular flexibility index (Phi) is 5.91. The van der Waals surface area contributed by atoms with E-state index in [2.05, 4.69) is 58.2 Å². The Morgan fingerprint density at radius 1 is 0.935 bits per heavy atom. The number of anilines is 1. The third kappa shape index (κ3) is 4.54. The lowest BCUT2D eigenvalue weighted by molar-refractivity contribution is 0.191. The molecule has 4 rings (SSSR count). The number of piperazine rings is 1. The average molecular weight is 425 g/mol. The summed E-state index contributed by atoms with van der Waals surface area (Å²) in [6.45, 7) is 9.67. The third-order valence-electron chi connectivity index (χ3n) is 5.68. The van der Waals surface area contributed by atoms with E-state index in [0.717, 1.165) is 43.3 Å². The number of hydrogen-bond donors (Lipinski definition) is 0. The number of rotatable bonds is 5. The van der Waals surface area contributed by atoms with Crippen molar-refractivity contribution in [2.75, 3.05) is 38.2 Å². The van der Waals surface area contributed by atoms with E-state index in [1.807, 2.05) is 28.9 Å². The van der Waals surface area contributed by atoms with Gasteiger partial charge in [0, 0.05) is 31.9 Å². The number of aromatic nitrogens is 4. The quantitative estimate of drug-likeness (QED) is 0.625. The van der Waals surface area contributed by atoms with Crippen LogP contribution in [0.25, 0.3) is 0 Å². The second-order valence-corrected chi connectivity index (χ2v) is 8.79. The van der Waals surface area contributed by atoms with E-state index in [4.69, 9.17) is 4.74 Å². The number of methoxy groups -OCH3 is 1. The van der Waals surface area contributed by atoms with Gasteiger partial charge in [0.15, 0.2) is 5.82 Å². The zero-order valence-electron chi connectivity index (χ0n) is 18.5. The molecule has 164 valence electrons. The molecule has 1 unspecified atom stereocenters. The van der Waals surface area contributed by atoms with E-state index >= 15 is 0 Å². The molecule has 1 fully saturated rings. The molecule has 1 aliphatic heterocycles. The Hall–Kier alpha value is -3.00. The molecular formula is C23H29FN6O. The minimum absolute atomic E-state index is 0.146. The van der Waals surface area contributed by atoms with Gasteiger partial charge >= 0.3 is 0 Å². The molecule has 0 radical (unpaired) electrons. The first kappa shape index (κ1) is 21.2. The molecular weight excluding hydrogens is 395 g/mol. The van der Waals surface area contributed by atoms with Crippen LogP contribution in [-0.2, 0) is 5.54 Å². The summed E-state index contributed by atoms with van der Waals surface area (Å²) in [7, 11) is 1.68. The molecule has 0 saturated carbocycles. The molecule has 1 saturated heterocycles. The maximum Gasteiger partial charge on any atom is 0.173 e. The predicted molar refractivity (Wildman–Crippen MR) is 118 cm³/mol. The van der Waals surface area contributed by atoms with Gasteiger partial charge < -0.3 is 9.64 Å². The molecule has 1 aromatic heterocycles. The molecule has 0 bridgehead atoms. The Balaban J connectivity index is 1.60. The highest BCUT2D eigenvalue weighted by Gasteiger charge is 2.33. The zero-order chi connectivity index (χ0) is 22.0. The summed E-state index contributed by atoms with van der Waals surface area (Å²) in [6, 6.07) is 14.7. The van der Waals surface area contributed by atoms with Crippen LogP contribution in [0, 0.1) is 5.82 Å². The van der Waals surface area contributed by atoms with Gasteiger partial charge in [-0.2, -0.15) is 0 Å². The minimum Gasteiger partial charge on any atom is -0.497 e. The van der Waals surface area contributed by atoms with Gasteiger partial charge in [-0.15, -0.1) is 5.10 Å². The third-order valence-corrected chi connectivity index (χ3v) is 5.68. The first-order valence-electron chi connectivity index (χ1n) is 10.5. The van der Waals surface area contributed by atoms with Crippen molar-refractivity contribution in [3.8, 4) is 5.75 Å². The summed E-state index contributed by atoms with van der Waals surface area (Å²) in [5.74, 6) is 1.38. The van der Waals surface area contributed by atoms with E-state index in [-0.39, 0.29) is 17.4 Å². The summed E-state index contributed by atoms with van der Waals surface area (Å²) < 4.78 is 20.8. The normalized spacial score (nSPS) is 16.4. The molecule has 3 aromatic rings. The summed E-state index contributed by atoms with van der Waals surface area (Å²) in [5.41, 5.74) is 1.90. The van der Waals surface area contributed by atoms with Crippen molar-refractivity contribution >= 4 is 5.69 Å². The molecule has 0 amide bonds. The fourth-order valence-electron chi connectivity index (χ4n) is 4.04. The molecule has 0 spiro atoms. The Morgan fingerprint density at radius 2 is 1.58 bits per heavy atom. The van der Waals surface area contributed by atoms with Gasteiger partial charge in [0.1, 0.15) is 11.6 Å². The number of nitrogens with zero attached hydrogens (tertiary/aromatic N) is 6. The SMILES string of the molecule is COc1ccc(N2CCN(C(c3ccc(F)cc3)c3nnnn3C(C)(C)C)CC2)cc1. The van der Waals surface area contributed by atoms with Gasteiger partial charge in [-0.3, -0.25) is 4.90 Å². The van der Waals surface area contributed by atoms with Crippen LogP contribution in [0.3, 0.4) is 0 Å². The monoisotopic (exact) mass is 424 g/mol. The molecule has 0 N–H and O–H groups in total. The van der Waals surface area contributed by atoms with Crippen molar-refractivity contribution in [2.24, 2.45) is 0 Å². The van der Waals surface area contributed by atoms with E-state index in [0.29, 0.717) is 0 Å². The van der Waals surface area contributed by atoms with Crippen molar-refractivity contribution in [2.45, 2.75) is 32.4 Å². The highest BCUT2D eigenvalue weighted by Crippen LogP contribution is 2.31. The second kappa shape index (κ2) is 8.63. The van der Waals surface area contributed by atoms with Crippen LogP contribution in [0.5, 0.6) is 5.75 Å². The first-order valence-corrected chi connectivity index (χ1v) is 10.5. The molecule has 31 heavy (non-hydrogen) atoms. The van der Waals surface area contributed by atoms with Gasteiger partial charge in [0.25, 0.3) is 0 Å². The lowest BCUT2D eigenvalue weighted by Gasteiger charge is -2.40. The number of tetrazole rings is 1. The van der Waals surface area contributed by atoms with Crippen LogP contribution < -0.4 is 9.64 Å². The number of ether oxygens (including phenoxy) is 1. The lowest BCUT2D eigenvalue weighted by Crippen LogP contribution is -2.48. The maximum atomic E-state index is 13.6. The van der Waals surface area contributed by atoms with Crippen LogP contribution in [0.4, 0.5) is 10.1 Å². The second-order valence-electron chi connectivity index (χ2n) is 8.79. The topological polar surface area (TPSA) is 59.3 Å². The van der Waals surface area contributed by atoms with E-state index in [9.17, 15) is 4.39 Å². The van der Waals surface area contributed by atoms with Gasteiger partial charge in [0.05, 0.1) is 18.7 Å². The van der Waals surface area contributed by atoms with Crippen LogP contribution in [0.1, 0.15) is 38.2 Å². The Labute approximate surface area is 182 Å². The van der Waals surface area contributed by atoms with Crippen molar-refractivity contribution in [1.29, 1.82) is 0 Å². The smallest absolute Gasteiger partial charge is 0.173 e. The van der Waals surface area contributed by atoms with Crippen LogP contribution in [0.15, 0.2) is 48.5 Å². The minimum atomic E-state index is -0.262. The predicted octanol–water partition coefficient (Wildman–Crippen LogP) is 3.49. The average Bonchev–Trinajstić information content (AvgIpc) is 3.26. The first-order chi connectivity index (χ1) is 14.9. The van der Waals surface area contributed by atoms with Gasteiger partial charge in [-0.25, -0.2) is 9.07 Å². The molecule has 1 aliphatic rings. The van der Waals surface area contributed by atoms with Crippen molar-refractivity contribution in [3.63, 3.8) is 0 Å². The Morgan fingerprint density at radius 3 is 2.16 bits per heavy atom. The summed E-state index contributed by atoms with van der Waals surface area (Å²) in [6.07, 6.45) is 0. The molecule has 8 heteroatoms. The number of halogens is 1. The highest BCUT2D eigenvalue weighted by molar-refractivity contribution is 5.49. The van der Waals surface area contributed by atoms with Gasteiger partial charge in [-0.05, 0) is 73.2 Å². The lowest BCUT2D eigenvalue weighted by atomic mass is 10.0.